The molecule has 0 spiro atoms. The molecule has 1 N–H and O–H groups in total. The van der Waals surface area contributed by atoms with Gasteiger partial charge in [-0.2, -0.15) is 0 Å². The van der Waals surface area contributed by atoms with Gasteiger partial charge in [0.15, 0.2) is 0 Å². The van der Waals surface area contributed by atoms with E-state index in [-0.39, 0.29) is 12.2 Å². The van der Waals surface area contributed by atoms with Crippen molar-refractivity contribution < 1.29 is 5.11 Å². The molecule has 108 valence electrons. The first-order valence-corrected chi connectivity index (χ1v) is 7.03. The second-order valence-corrected chi connectivity index (χ2v) is 5.04. The summed E-state index contributed by atoms with van der Waals surface area (Å²) >= 11 is 5.88. The number of fused-ring (bicyclic) bond motifs is 1. The predicted molar refractivity (Wildman–Crippen MR) is 79.1 cm³/mol. The van der Waals surface area contributed by atoms with Gasteiger partial charge in [0.1, 0.15) is 5.65 Å². The summed E-state index contributed by atoms with van der Waals surface area (Å²) in [5.74, 6) is 0. The topological polar surface area (TPSA) is 57.8 Å². The molecule has 0 unspecified atom stereocenters. The van der Waals surface area contributed by atoms with Crippen LogP contribution in [0.1, 0.15) is 19.0 Å². The van der Waals surface area contributed by atoms with Gasteiger partial charge in [-0.3, -0.25) is 14.1 Å². The molecule has 0 radical (unpaired) electrons. The largest absolute Gasteiger partial charge is 0.396 e. The SMILES string of the molecule is CCN(CCCO)Cc1cc(=O)n2cc(Cl)ccc2n1. The van der Waals surface area contributed by atoms with Gasteiger partial charge in [-0.25, -0.2) is 4.98 Å². The summed E-state index contributed by atoms with van der Waals surface area (Å²) in [6.07, 6.45) is 2.29. The van der Waals surface area contributed by atoms with Crippen molar-refractivity contribution in [2.45, 2.75) is 19.9 Å². The molecule has 2 aromatic rings. The lowest BCUT2D eigenvalue weighted by atomic mass is 10.3. The molecule has 2 rings (SSSR count). The first-order chi connectivity index (χ1) is 9.63. The molecule has 20 heavy (non-hydrogen) atoms. The molecule has 0 atom stereocenters. The Morgan fingerprint density at radius 3 is 2.95 bits per heavy atom. The summed E-state index contributed by atoms with van der Waals surface area (Å²) in [7, 11) is 0. The van der Waals surface area contributed by atoms with Crippen molar-refractivity contribution in [1.29, 1.82) is 0 Å². The zero-order valence-electron chi connectivity index (χ0n) is 11.4. The van der Waals surface area contributed by atoms with Crippen LogP contribution in [0, 0.1) is 0 Å². The van der Waals surface area contributed by atoms with Gasteiger partial charge in [-0.05, 0) is 25.1 Å². The zero-order valence-corrected chi connectivity index (χ0v) is 12.2. The van der Waals surface area contributed by atoms with Crippen LogP contribution in [-0.2, 0) is 6.54 Å². The first-order valence-electron chi connectivity index (χ1n) is 6.65. The molecular formula is C14H18ClN3O2. The third-order valence-electron chi connectivity index (χ3n) is 3.14. The van der Waals surface area contributed by atoms with Crippen molar-refractivity contribution >= 4 is 17.2 Å². The van der Waals surface area contributed by atoms with Crippen LogP contribution in [0.5, 0.6) is 0 Å². The third kappa shape index (κ3) is 3.56. The van der Waals surface area contributed by atoms with Crippen LogP contribution in [0.25, 0.3) is 5.65 Å². The van der Waals surface area contributed by atoms with Crippen molar-refractivity contribution in [2.75, 3.05) is 19.7 Å². The number of nitrogens with zero attached hydrogens (tertiary/aromatic N) is 3. The first kappa shape index (κ1) is 15.0. The van der Waals surface area contributed by atoms with Crippen molar-refractivity contribution in [2.24, 2.45) is 0 Å². The molecule has 6 heteroatoms. The highest BCUT2D eigenvalue weighted by Crippen LogP contribution is 2.09. The van der Waals surface area contributed by atoms with Crippen LogP contribution in [-0.4, -0.2) is 39.1 Å². The average molecular weight is 296 g/mol. The molecular weight excluding hydrogens is 278 g/mol. The number of aliphatic hydroxyl groups is 1. The molecule has 0 aromatic carbocycles. The molecule has 2 aromatic heterocycles. The maximum atomic E-state index is 12.0. The molecule has 0 saturated heterocycles. The van der Waals surface area contributed by atoms with Gasteiger partial charge >= 0.3 is 0 Å². The predicted octanol–water partition coefficient (Wildman–Crippen LogP) is 1.55. The average Bonchev–Trinajstić information content (AvgIpc) is 2.44. The zero-order chi connectivity index (χ0) is 14.5. The Bertz CT molecular complexity index is 642. The van der Waals surface area contributed by atoms with Crippen molar-refractivity contribution in [3.05, 3.63) is 45.5 Å². The Kier molecular flexibility index (Phi) is 5.11. The Hall–Kier alpha value is -1.43. The Morgan fingerprint density at radius 1 is 1.45 bits per heavy atom. The monoisotopic (exact) mass is 295 g/mol. The van der Waals surface area contributed by atoms with Crippen LogP contribution in [0.15, 0.2) is 29.2 Å². The molecule has 0 aliphatic rings. The van der Waals surface area contributed by atoms with Gasteiger partial charge in [0.2, 0.25) is 0 Å². The Balaban J connectivity index is 2.27. The minimum Gasteiger partial charge on any atom is -0.396 e. The van der Waals surface area contributed by atoms with E-state index in [0.29, 0.717) is 17.2 Å². The number of halogens is 1. The van der Waals surface area contributed by atoms with Crippen LogP contribution >= 0.6 is 11.6 Å². The molecule has 0 saturated carbocycles. The second-order valence-electron chi connectivity index (χ2n) is 4.61. The van der Waals surface area contributed by atoms with Crippen molar-refractivity contribution in [3.8, 4) is 0 Å². The van der Waals surface area contributed by atoms with E-state index >= 15 is 0 Å². The highest BCUT2D eigenvalue weighted by molar-refractivity contribution is 6.30. The van der Waals surface area contributed by atoms with Gasteiger partial charge < -0.3 is 5.11 Å². The molecule has 0 fully saturated rings. The lowest BCUT2D eigenvalue weighted by Gasteiger charge is -2.19. The van der Waals surface area contributed by atoms with Gasteiger partial charge in [-0.1, -0.05) is 18.5 Å². The quantitative estimate of drug-likeness (QED) is 0.878. The van der Waals surface area contributed by atoms with Gasteiger partial charge in [0, 0.05) is 32.0 Å². The molecule has 0 aliphatic carbocycles. The number of hydrogen-bond acceptors (Lipinski definition) is 4. The van der Waals surface area contributed by atoms with Crippen molar-refractivity contribution in [1.82, 2.24) is 14.3 Å². The van der Waals surface area contributed by atoms with Crippen molar-refractivity contribution in [3.63, 3.8) is 0 Å². The summed E-state index contributed by atoms with van der Waals surface area (Å²) in [6.45, 7) is 4.45. The maximum absolute atomic E-state index is 12.0. The fourth-order valence-corrected chi connectivity index (χ4v) is 2.24. The highest BCUT2D eigenvalue weighted by Gasteiger charge is 2.07. The number of rotatable bonds is 6. The molecule has 0 amide bonds. The fourth-order valence-electron chi connectivity index (χ4n) is 2.08. The Labute approximate surface area is 122 Å². The maximum Gasteiger partial charge on any atom is 0.258 e. The number of hydrogen-bond donors (Lipinski definition) is 1. The summed E-state index contributed by atoms with van der Waals surface area (Å²) in [6, 6.07) is 4.98. The van der Waals surface area contributed by atoms with Gasteiger partial charge in [0.25, 0.3) is 5.56 Å². The summed E-state index contributed by atoms with van der Waals surface area (Å²) in [4.78, 5) is 18.7. The summed E-state index contributed by atoms with van der Waals surface area (Å²) in [5, 5.41) is 9.39. The summed E-state index contributed by atoms with van der Waals surface area (Å²) in [5.41, 5.74) is 1.19. The lowest BCUT2D eigenvalue weighted by molar-refractivity contribution is 0.224. The van der Waals surface area contributed by atoms with Crippen LogP contribution in [0.3, 0.4) is 0 Å². The van der Waals surface area contributed by atoms with Gasteiger partial charge in [-0.15, -0.1) is 0 Å². The normalized spacial score (nSPS) is 11.4. The smallest absolute Gasteiger partial charge is 0.258 e. The number of pyridine rings is 1. The van der Waals surface area contributed by atoms with Crippen LogP contribution < -0.4 is 5.56 Å². The summed E-state index contributed by atoms with van der Waals surface area (Å²) < 4.78 is 1.44. The number of aliphatic hydroxyl groups excluding tert-OH is 1. The minimum absolute atomic E-state index is 0.134. The molecule has 0 aliphatic heterocycles. The lowest BCUT2D eigenvalue weighted by Crippen LogP contribution is -2.26. The van der Waals surface area contributed by atoms with Gasteiger partial charge in [0.05, 0.1) is 10.7 Å². The number of aromatic nitrogens is 2. The van der Waals surface area contributed by atoms with E-state index in [2.05, 4.69) is 9.88 Å². The third-order valence-corrected chi connectivity index (χ3v) is 3.37. The Morgan fingerprint density at radius 2 is 2.25 bits per heavy atom. The van der Waals surface area contributed by atoms with E-state index in [9.17, 15) is 4.79 Å². The molecule has 5 nitrogen and oxygen atoms in total. The van der Waals surface area contributed by atoms with E-state index in [0.717, 1.165) is 25.2 Å². The fraction of sp³-hybridized carbons (Fsp3) is 0.429. The molecule has 0 bridgehead atoms. The second kappa shape index (κ2) is 6.83. The standard InChI is InChI=1S/C14H18ClN3O2/c1-2-17(6-3-7-19)10-12-8-14(20)18-9-11(15)4-5-13(18)16-12/h4-5,8-9,19H,2-3,6-7,10H2,1H3. The minimum atomic E-state index is -0.134. The molecule has 2 heterocycles. The highest BCUT2D eigenvalue weighted by atomic mass is 35.5. The van der Waals surface area contributed by atoms with E-state index in [1.807, 2.05) is 6.92 Å². The van der Waals surface area contributed by atoms with E-state index in [1.165, 1.54) is 10.5 Å². The van der Waals surface area contributed by atoms with Crippen LogP contribution in [0.2, 0.25) is 5.02 Å². The van der Waals surface area contributed by atoms with E-state index in [4.69, 9.17) is 16.7 Å². The van der Waals surface area contributed by atoms with E-state index in [1.54, 1.807) is 18.3 Å². The van der Waals surface area contributed by atoms with E-state index < -0.39 is 0 Å². The van der Waals surface area contributed by atoms with Crippen LogP contribution in [0.4, 0.5) is 0 Å².